The van der Waals surface area contributed by atoms with E-state index in [2.05, 4.69) is 125 Å². The fourth-order valence-electron chi connectivity index (χ4n) is 7.48. The van der Waals surface area contributed by atoms with Gasteiger partial charge in [-0.3, -0.25) is 0 Å². The van der Waals surface area contributed by atoms with Gasteiger partial charge in [0.2, 0.25) is 53.5 Å². The summed E-state index contributed by atoms with van der Waals surface area (Å²) in [7, 11) is 0. The third kappa shape index (κ3) is 24.3. The van der Waals surface area contributed by atoms with Gasteiger partial charge in [0.05, 0.1) is 0 Å². The first-order chi connectivity index (χ1) is 40.2. The van der Waals surface area contributed by atoms with E-state index in [0.29, 0.717) is 198 Å². The number of unbranched alkanes of at least 4 members (excludes halogenated alkanes) is 1. The molecule has 6 heterocycles. The number of rotatable bonds is 43. The molecule has 0 saturated heterocycles. The van der Waals surface area contributed by atoms with Crippen LogP contribution in [0, 0.1) is 0 Å². The highest BCUT2D eigenvalue weighted by Crippen LogP contribution is 2.19. The number of hydrogen-bond acceptors (Lipinski definition) is 33. The molecule has 0 radical (unpaired) electrons. The quantitative estimate of drug-likeness (QED) is 0.0193. The van der Waals surface area contributed by atoms with Crippen LogP contribution in [-0.4, -0.2) is 179 Å². The van der Waals surface area contributed by atoms with Crippen LogP contribution in [0.15, 0.2) is 15.5 Å². The number of nitrogens with two attached hydrogens (primary N) is 4. The number of aryl methyl sites for hydroxylation is 6. The van der Waals surface area contributed by atoms with Crippen molar-refractivity contribution >= 4 is 88.8 Å². The Kier molecular flexibility index (Phi) is 29.3. The summed E-state index contributed by atoms with van der Waals surface area (Å²) in [4.78, 5) is 83.1. The van der Waals surface area contributed by atoms with Gasteiger partial charge in [0.1, 0.15) is 34.9 Å². The minimum atomic E-state index is 0.163. The lowest BCUT2D eigenvalue weighted by molar-refractivity contribution is 0.717. The molecule has 33 heteroatoms. The van der Waals surface area contributed by atoms with Crippen LogP contribution < -0.4 is 65.5 Å². The van der Waals surface area contributed by atoms with Crippen LogP contribution in [-0.2, 0) is 38.5 Å². The van der Waals surface area contributed by atoms with E-state index < -0.39 is 0 Å². The van der Waals surface area contributed by atoms with Crippen LogP contribution in [0.3, 0.4) is 0 Å². The highest BCUT2D eigenvalue weighted by atomic mass is 32.2. The highest BCUT2D eigenvalue weighted by Gasteiger charge is 2.14. The summed E-state index contributed by atoms with van der Waals surface area (Å²) in [6.07, 6.45) is 9.60. The summed E-state index contributed by atoms with van der Waals surface area (Å²) < 4.78 is 0. The predicted molar refractivity (Wildman–Crippen MR) is 328 cm³/mol. The van der Waals surface area contributed by atoms with E-state index in [9.17, 15) is 0 Å². The molecule has 30 nitrogen and oxygen atoms in total. The summed E-state index contributed by atoms with van der Waals surface area (Å²) in [6, 6.07) is 0. The largest absolute Gasteiger partial charge is 0.368 e. The second-order valence-electron chi connectivity index (χ2n) is 18.0. The van der Waals surface area contributed by atoms with Crippen molar-refractivity contribution < 1.29 is 0 Å². The Morgan fingerprint density at radius 2 is 0.524 bits per heavy atom. The smallest absolute Gasteiger partial charge is 0.227 e. The summed E-state index contributed by atoms with van der Waals surface area (Å²) in [5.41, 5.74) is 23.1. The van der Waals surface area contributed by atoms with Crippen LogP contribution in [0.2, 0.25) is 0 Å². The van der Waals surface area contributed by atoms with Crippen molar-refractivity contribution in [2.75, 3.05) is 138 Å². The highest BCUT2D eigenvalue weighted by molar-refractivity contribution is 7.99. The summed E-state index contributed by atoms with van der Waals surface area (Å²) in [6.45, 7) is 14.3. The number of thioether (sulfide) groups is 3. The Labute approximate surface area is 492 Å². The summed E-state index contributed by atoms with van der Waals surface area (Å²) >= 11 is 4.75. The first kappa shape index (κ1) is 64.4. The van der Waals surface area contributed by atoms with Crippen molar-refractivity contribution in [3.8, 4) is 0 Å². The van der Waals surface area contributed by atoms with Gasteiger partial charge in [0.15, 0.2) is 15.5 Å². The van der Waals surface area contributed by atoms with Crippen molar-refractivity contribution in [3.05, 3.63) is 34.9 Å². The van der Waals surface area contributed by atoms with Crippen LogP contribution in [0.25, 0.3) is 0 Å². The Morgan fingerprint density at radius 1 is 0.280 bits per heavy atom. The molecule has 0 atom stereocenters. The average molecular weight is 1190 g/mol. The third-order valence-corrected chi connectivity index (χ3v) is 13.4. The second-order valence-corrected chi connectivity index (χ2v) is 21.7. The molecule has 6 rings (SSSR count). The lowest BCUT2D eigenvalue weighted by atomic mass is 10.2. The van der Waals surface area contributed by atoms with Crippen molar-refractivity contribution in [3.63, 3.8) is 0 Å². The average Bonchev–Trinajstić information content (AvgIpc) is 3.47. The zero-order chi connectivity index (χ0) is 58.0. The van der Waals surface area contributed by atoms with Gasteiger partial charge in [-0.05, 0) is 55.8 Å². The molecule has 0 aliphatic heterocycles. The van der Waals surface area contributed by atoms with Crippen LogP contribution >= 0.6 is 35.3 Å². The van der Waals surface area contributed by atoms with E-state index in [-0.39, 0.29) is 5.95 Å². The summed E-state index contributed by atoms with van der Waals surface area (Å²) in [5, 5.41) is 28.4. The molecular formula is C49H82N30S3. The molecule has 0 aliphatic rings. The molecule has 6 aromatic heterocycles. The number of nitrogens with zero attached hydrogens (tertiary/aromatic N) is 18. The minimum Gasteiger partial charge on any atom is -0.368 e. The fraction of sp³-hybridized carbons (Fsp3) is 0.633. The monoisotopic (exact) mass is 1190 g/mol. The molecule has 0 bridgehead atoms. The van der Waals surface area contributed by atoms with E-state index >= 15 is 0 Å². The molecule has 0 spiro atoms. The van der Waals surface area contributed by atoms with Crippen LogP contribution in [0.1, 0.15) is 108 Å². The van der Waals surface area contributed by atoms with Crippen molar-refractivity contribution in [1.29, 1.82) is 0 Å². The Hall–Kier alpha value is -6.81. The number of nitrogen functional groups attached to an aromatic ring is 1. The standard InChI is InChI=1S/C49H82N30S3/c1-5-9-15-35-68-44(77-47(71-35)80-6-2)57-27-11-17-33-64-40(75-42(66-33)60-30-22-51)55-25-14-20-37-70-46(79-49(73-37)82-8-4)58-28-12-18-34-65-41(76-43(67-34)61-31-23-52)54-24-13-19-36-69-45(78-48(72-36)81-7-3)56-26-10-16-32-62-38(53)74-39(63-32)59-29-21-50/h5-31,50-52H2,1-4H3,(H,56,69,72,78)(H,57,68,71,77)(H,58,70,73,79)(H3,53,59,62,63,74)(H2,54,61,65,67,76)(H2,55,60,64,66,75). The number of hydrogen-bond donors (Lipinski definition) is 12. The fourth-order valence-corrected chi connectivity index (χ4v) is 9.21. The first-order valence-electron chi connectivity index (χ1n) is 28.3. The maximum Gasteiger partial charge on any atom is 0.227 e. The van der Waals surface area contributed by atoms with E-state index in [4.69, 9.17) is 57.8 Å². The lowest BCUT2D eigenvalue weighted by Gasteiger charge is -2.12. The maximum atomic E-state index is 5.90. The first-order valence-corrected chi connectivity index (χ1v) is 31.3. The van der Waals surface area contributed by atoms with Crippen molar-refractivity contribution in [1.82, 2.24) is 89.7 Å². The van der Waals surface area contributed by atoms with Crippen LogP contribution in [0.4, 0.5) is 53.5 Å². The van der Waals surface area contributed by atoms with E-state index in [1.54, 1.807) is 35.3 Å². The molecule has 0 unspecified atom stereocenters. The van der Waals surface area contributed by atoms with Gasteiger partial charge in [-0.1, -0.05) is 69.4 Å². The van der Waals surface area contributed by atoms with Gasteiger partial charge < -0.3 is 65.5 Å². The number of aromatic nitrogens is 18. The van der Waals surface area contributed by atoms with Crippen molar-refractivity contribution in [2.45, 2.75) is 127 Å². The molecule has 0 amide bonds. The number of anilines is 9. The molecule has 0 fully saturated rings. The molecule has 446 valence electrons. The lowest BCUT2D eigenvalue weighted by Crippen LogP contribution is -2.18. The van der Waals surface area contributed by atoms with Gasteiger partial charge in [-0.15, -0.1) is 0 Å². The van der Waals surface area contributed by atoms with Crippen LogP contribution in [0.5, 0.6) is 0 Å². The van der Waals surface area contributed by atoms with E-state index in [1.165, 1.54) is 0 Å². The molecule has 16 N–H and O–H groups in total. The molecule has 0 saturated carbocycles. The molecule has 0 aromatic carbocycles. The molecular weight excluding hydrogens is 1100 g/mol. The normalized spacial score (nSPS) is 11.2. The molecule has 82 heavy (non-hydrogen) atoms. The van der Waals surface area contributed by atoms with Crippen molar-refractivity contribution in [2.24, 2.45) is 17.2 Å². The number of nitrogens with one attached hydrogen (secondary N) is 8. The Balaban J connectivity index is 0.965. The zero-order valence-corrected chi connectivity index (χ0v) is 50.1. The van der Waals surface area contributed by atoms with Gasteiger partial charge in [-0.2, -0.15) is 74.8 Å². The second kappa shape index (κ2) is 37.3. The van der Waals surface area contributed by atoms with Gasteiger partial charge in [-0.25, -0.2) is 15.0 Å². The molecule has 6 aromatic rings. The van der Waals surface area contributed by atoms with Gasteiger partial charge in [0, 0.05) is 111 Å². The van der Waals surface area contributed by atoms with Gasteiger partial charge >= 0.3 is 0 Å². The predicted octanol–water partition coefficient (Wildman–Crippen LogP) is 3.39. The summed E-state index contributed by atoms with van der Waals surface area (Å²) in [5.74, 6) is 10.8. The molecule has 0 aliphatic carbocycles. The third-order valence-electron chi connectivity index (χ3n) is 11.2. The zero-order valence-electron chi connectivity index (χ0n) is 47.7. The topological polar surface area (TPSA) is 432 Å². The maximum absolute atomic E-state index is 5.90. The SMILES string of the molecule is CCCCc1nc(NCCCc2nc(NCCN)nc(NCCCc3nc(NCCCc4nc(NCCN)nc(NCCCc5nc(NCCCc6nc(N)nc(NCCN)n6)nc(SCC)n5)n4)nc(SCC)n3)n2)nc(SCC)n1. The van der Waals surface area contributed by atoms with E-state index in [1.807, 2.05) is 0 Å². The van der Waals surface area contributed by atoms with Gasteiger partial charge in [0.25, 0.3) is 0 Å². The Bertz CT molecular complexity index is 2800. The van der Waals surface area contributed by atoms with E-state index in [0.717, 1.165) is 73.2 Å². The minimum absolute atomic E-state index is 0.163. The Morgan fingerprint density at radius 3 is 0.805 bits per heavy atom.